The zero-order chi connectivity index (χ0) is 29.7. The van der Waals surface area contributed by atoms with Crippen molar-refractivity contribution in [3.8, 4) is 17.0 Å². The first-order valence-corrected chi connectivity index (χ1v) is 17.3. The van der Waals surface area contributed by atoms with Crippen LogP contribution in [0.2, 0.25) is 0 Å². The molecule has 2 heterocycles. The van der Waals surface area contributed by atoms with Gasteiger partial charge in [0.25, 0.3) is 0 Å². The third-order valence-electron chi connectivity index (χ3n) is 8.48. The Morgan fingerprint density at radius 3 is 1.95 bits per heavy atom. The van der Waals surface area contributed by atoms with Crippen LogP contribution in [0.4, 0.5) is 4.39 Å². The van der Waals surface area contributed by atoms with Crippen molar-refractivity contribution in [1.82, 2.24) is 4.98 Å². The van der Waals surface area contributed by atoms with Crippen LogP contribution < -0.4 is 4.74 Å². The SMILES string of the molecule is CCCCCCCCCCCCC1COC(CCc2ccc(-c3ccc(OCCCCCCCC)c(F)c3)nc2)OC1. The van der Waals surface area contributed by atoms with Gasteiger partial charge in [-0.25, -0.2) is 4.39 Å². The number of hydrogen-bond donors (Lipinski definition) is 0. The van der Waals surface area contributed by atoms with E-state index in [9.17, 15) is 4.39 Å². The molecular weight excluding hydrogens is 525 g/mol. The molecule has 1 saturated heterocycles. The molecule has 0 amide bonds. The summed E-state index contributed by atoms with van der Waals surface area (Å²) in [6.07, 6.45) is 25.5. The van der Waals surface area contributed by atoms with E-state index in [1.54, 1.807) is 6.07 Å². The van der Waals surface area contributed by atoms with E-state index in [0.717, 1.165) is 55.7 Å². The zero-order valence-corrected chi connectivity index (χ0v) is 26.7. The van der Waals surface area contributed by atoms with Crippen molar-refractivity contribution in [2.75, 3.05) is 19.8 Å². The molecule has 236 valence electrons. The first kappa shape index (κ1) is 34.5. The number of aromatic nitrogens is 1. The lowest BCUT2D eigenvalue weighted by atomic mass is 10.0. The smallest absolute Gasteiger partial charge is 0.165 e. The van der Waals surface area contributed by atoms with E-state index in [1.807, 2.05) is 18.3 Å². The summed E-state index contributed by atoms with van der Waals surface area (Å²) < 4.78 is 32.4. The number of pyridine rings is 1. The van der Waals surface area contributed by atoms with Crippen molar-refractivity contribution < 1.29 is 18.6 Å². The van der Waals surface area contributed by atoms with Crippen LogP contribution in [0, 0.1) is 11.7 Å². The Bertz CT molecular complexity index is 943. The molecule has 1 aromatic heterocycles. The Hall–Kier alpha value is -1.98. The summed E-state index contributed by atoms with van der Waals surface area (Å²) in [4.78, 5) is 4.59. The molecule has 0 saturated carbocycles. The molecule has 2 aromatic rings. The molecule has 0 bridgehead atoms. The van der Waals surface area contributed by atoms with Crippen LogP contribution in [0.1, 0.15) is 135 Å². The average Bonchev–Trinajstić information content (AvgIpc) is 3.02. The highest BCUT2D eigenvalue weighted by molar-refractivity contribution is 5.60. The number of rotatable bonds is 23. The standard InChI is InChI=1S/C37H58FNO3/c1-3-5-7-9-11-12-13-14-15-17-19-32-29-41-37(42-30-32)25-21-31-20-23-35(39-28-31)33-22-24-36(34(38)27-33)40-26-18-16-10-8-6-4-2/h20,22-24,27-28,32,37H,3-19,21,25-26,29-30H2,1-2H3. The van der Waals surface area contributed by atoms with Crippen molar-refractivity contribution in [1.29, 1.82) is 0 Å². The summed E-state index contributed by atoms with van der Waals surface area (Å²) in [6, 6.07) is 9.16. The van der Waals surface area contributed by atoms with Crippen LogP contribution in [0.25, 0.3) is 11.3 Å². The van der Waals surface area contributed by atoms with Crippen LogP contribution in [0.3, 0.4) is 0 Å². The topological polar surface area (TPSA) is 40.6 Å². The molecule has 4 nitrogen and oxygen atoms in total. The minimum atomic E-state index is -0.331. The predicted molar refractivity (Wildman–Crippen MR) is 172 cm³/mol. The minimum absolute atomic E-state index is 0.133. The molecule has 42 heavy (non-hydrogen) atoms. The van der Waals surface area contributed by atoms with E-state index < -0.39 is 0 Å². The Balaban J connectivity index is 1.26. The van der Waals surface area contributed by atoms with E-state index in [-0.39, 0.29) is 12.1 Å². The second-order valence-corrected chi connectivity index (χ2v) is 12.3. The molecule has 1 aromatic carbocycles. The Morgan fingerprint density at radius 1 is 0.738 bits per heavy atom. The van der Waals surface area contributed by atoms with Crippen LogP contribution in [0.15, 0.2) is 36.5 Å². The molecule has 5 heteroatoms. The monoisotopic (exact) mass is 583 g/mol. The van der Waals surface area contributed by atoms with E-state index in [0.29, 0.717) is 18.3 Å². The summed E-state index contributed by atoms with van der Waals surface area (Å²) in [5.41, 5.74) is 2.66. The number of hydrogen-bond acceptors (Lipinski definition) is 4. The number of aryl methyl sites for hydroxylation is 1. The second-order valence-electron chi connectivity index (χ2n) is 12.3. The first-order chi connectivity index (χ1) is 20.7. The highest BCUT2D eigenvalue weighted by Crippen LogP contribution is 2.26. The molecule has 1 aliphatic rings. The van der Waals surface area contributed by atoms with Crippen molar-refractivity contribution in [2.24, 2.45) is 5.92 Å². The van der Waals surface area contributed by atoms with E-state index >= 15 is 0 Å². The van der Waals surface area contributed by atoms with Gasteiger partial charge in [-0.2, -0.15) is 0 Å². The van der Waals surface area contributed by atoms with Gasteiger partial charge in [0.05, 0.1) is 25.5 Å². The number of unbranched alkanes of at least 4 members (excludes halogenated alkanes) is 14. The number of halogens is 1. The van der Waals surface area contributed by atoms with Crippen LogP contribution >= 0.6 is 0 Å². The molecule has 0 atom stereocenters. The Morgan fingerprint density at radius 2 is 1.36 bits per heavy atom. The van der Waals surface area contributed by atoms with E-state index in [1.165, 1.54) is 102 Å². The number of benzene rings is 1. The number of nitrogens with zero attached hydrogens (tertiary/aromatic N) is 1. The van der Waals surface area contributed by atoms with Gasteiger partial charge in [-0.1, -0.05) is 116 Å². The van der Waals surface area contributed by atoms with Crippen LogP contribution in [0.5, 0.6) is 5.75 Å². The fraction of sp³-hybridized carbons (Fsp3) is 0.703. The minimum Gasteiger partial charge on any atom is -0.491 e. The molecular formula is C37H58FNO3. The van der Waals surface area contributed by atoms with Crippen molar-refractivity contribution in [2.45, 2.75) is 142 Å². The quantitative estimate of drug-likeness (QED) is 0.122. The fourth-order valence-corrected chi connectivity index (χ4v) is 5.71. The van der Waals surface area contributed by atoms with Crippen molar-refractivity contribution >= 4 is 0 Å². The average molecular weight is 584 g/mol. The maximum atomic E-state index is 14.6. The molecule has 0 N–H and O–H groups in total. The highest BCUT2D eigenvalue weighted by Gasteiger charge is 2.21. The summed E-state index contributed by atoms with van der Waals surface area (Å²) >= 11 is 0. The van der Waals surface area contributed by atoms with Gasteiger partial charge in [0.1, 0.15) is 0 Å². The van der Waals surface area contributed by atoms with Gasteiger partial charge in [0.2, 0.25) is 0 Å². The Labute approximate surface area is 256 Å². The fourth-order valence-electron chi connectivity index (χ4n) is 5.71. The molecule has 0 aliphatic carbocycles. The van der Waals surface area contributed by atoms with Crippen molar-refractivity contribution in [3.63, 3.8) is 0 Å². The third kappa shape index (κ3) is 14.0. The summed E-state index contributed by atoms with van der Waals surface area (Å²) in [5, 5.41) is 0. The van der Waals surface area contributed by atoms with E-state index in [2.05, 4.69) is 24.9 Å². The van der Waals surface area contributed by atoms with Gasteiger partial charge in [0.15, 0.2) is 17.9 Å². The zero-order valence-electron chi connectivity index (χ0n) is 26.7. The molecule has 0 spiro atoms. The van der Waals surface area contributed by atoms with Crippen molar-refractivity contribution in [3.05, 3.63) is 47.9 Å². The lowest BCUT2D eigenvalue weighted by molar-refractivity contribution is -0.203. The maximum Gasteiger partial charge on any atom is 0.165 e. The summed E-state index contributed by atoms with van der Waals surface area (Å²) in [5.74, 6) is 0.522. The molecule has 1 aliphatic heterocycles. The summed E-state index contributed by atoms with van der Waals surface area (Å²) in [6.45, 7) is 6.67. The van der Waals surface area contributed by atoms with Gasteiger partial charge in [0, 0.05) is 24.1 Å². The van der Waals surface area contributed by atoms with Gasteiger partial charge >= 0.3 is 0 Å². The van der Waals surface area contributed by atoms with Crippen LogP contribution in [-0.4, -0.2) is 31.1 Å². The highest BCUT2D eigenvalue weighted by atomic mass is 19.1. The lowest BCUT2D eigenvalue weighted by Crippen LogP contribution is -2.32. The molecule has 0 unspecified atom stereocenters. The maximum absolute atomic E-state index is 14.6. The normalized spacial score (nSPS) is 17.0. The van der Waals surface area contributed by atoms with E-state index in [4.69, 9.17) is 14.2 Å². The van der Waals surface area contributed by atoms with Gasteiger partial charge in [-0.3, -0.25) is 4.98 Å². The van der Waals surface area contributed by atoms with Crippen LogP contribution in [-0.2, 0) is 15.9 Å². The molecule has 3 rings (SSSR count). The predicted octanol–water partition coefficient (Wildman–Crippen LogP) is 10.9. The Kier molecular flexibility index (Phi) is 17.8. The van der Waals surface area contributed by atoms with Gasteiger partial charge in [-0.05, 0) is 49.1 Å². The third-order valence-corrected chi connectivity index (χ3v) is 8.48. The van der Waals surface area contributed by atoms with Gasteiger partial charge in [-0.15, -0.1) is 0 Å². The molecule has 0 radical (unpaired) electrons. The second kappa shape index (κ2) is 21.7. The first-order valence-electron chi connectivity index (χ1n) is 17.3. The van der Waals surface area contributed by atoms with Gasteiger partial charge < -0.3 is 14.2 Å². The largest absolute Gasteiger partial charge is 0.491 e. The molecule has 1 fully saturated rings. The lowest BCUT2D eigenvalue weighted by Gasteiger charge is -2.29. The summed E-state index contributed by atoms with van der Waals surface area (Å²) in [7, 11) is 0. The number of ether oxygens (including phenoxy) is 3.